The number of methoxy groups -OCH3 is 1. The van der Waals surface area contributed by atoms with E-state index in [1.165, 1.54) is 0 Å². The van der Waals surface area contributed by atoms with E-state index >= 15 is 0 Å². The number of benzene rings is 1. The highest BCUT2D eigenvalue weighted by Crippen LogP contribution is 2.20. The number of carbonyl (C=O) groups is 2. The van der Waals surface area contributed by atoms with Crippen LogP contribution in [0.5, 0.6) is 0 Å². The maximum absolute atomic E-state index is 11.6. The third-order valence-corrected chi connectivity index (χ3v) is 2.63. The fraction of sp³-hybridized carbons (Fsp3) is 0.429. The van der Waals surface area contributed by atoms with Gasteiger partial charge in [-0.25, -0.2) is 4.79 Å². The van der Waals surface area contributed by atoms with Gasteiger partial charge in [-0.3, -0.25) is 4.79 Å². The minimum atomic E-state index is -0.426. The lowest BCUT2D eigenvalue weighted by atomic mass is 10.1. The van der Waals surface area contributed by atoms with E-state index in [2.05, 4.69) is 10.6 Å². The van der Waals surface area contributed by atoms with E-state index in [9.17, 15) is 9.59 Å². The van der Waals surface area contributed by atoms with Crippen LogP contribution in [0.2, 0.25) is 0 Å². The van der Waals surface area contributed by atoms with Gasteiger partial charge in [-0.2, -0.15) is 0 Å². The fourth-order valence-electron chi connectivity index (χ4n) is 1.58. The Kier molecular flexibility index (Phi) is 7.03. The van der Waals surface area contributed by atoms with E-state index in [1.807, 2.05) is 0 Å². The standard InChI is InChI=1S/C14H21N3O4/c1-3-21-14(19)10-4-5-11(15)12(8-10)17-9-13(18)16-6-7-20-2/h4-5,8,17H,3,6-7,9,15H2,1-2H3,(H,16,18). The number of ether oxygens (including phenoxy) is 2. The number of rotatable bonds is 8. The van der Waals surface area contributed by atoms with E-state index in [0.29, 0.717) is 36.7 Å². The molecule has 0 heterocycles. The topological polar surface area (TPSA) is 103 Å². The van der Waals surface area contributed by atoms with Crippen LogP contribution in [0.4, 0.5) is 11.4 Å². The smallest absolute Gasteiger partial charge is 0.338 e. The highest BCUT2D eigenvalue weighted by molar-refractivity contribution is 5.92. The predicted octanol–water partition coefficient (Wildman–Crippen LogP) is 0.620. The number of hydrogen-bond acceptors (Lipinski definition) is 6. The van der Waals surface area contributed by atoms with Crippen LogP contribution >= 0.6 is 0 Å². The Morgan fingerprint density at radius 1 is 1.33 bits per heavy atom. The van der Waals surface area contributed by atoms with Gasteiger partial charge in [0.1, 0.15) is 0 Å². The normalized spacial score (nSPS) is 10.0. The van der Waals surface area contributed by atoms with Crippen LogP contribution in [-0.2, 0) is 14.3 Å². The molecule has 0 aromatic heterocycles. The molecule has 0 aliphatic carbocycles. The second-order valence-corrected chi connectivity index (χ2v) is 4.22. The second-order valence-electron chi connectivity index (χ2n) is 4.22. The monoisotopic (exact) mass is 295 g/mol. The molecule has 116 valence electrons. The molecule has 21 heavy (non-hydrogen) atoms. The molecule has 0 aliphatic rings. The van der Waals surface area contributed by atoms with Gasteiger partial charge in [-0.05, 0) is 25.1 Å². The second kappa shape index (κ2) is 8.80. The molecule has 0 spiro atoms. The van der Waals surface area contributed by atoms with Gasteiger partial charge in [0.15, 0.2) is 0 Å². The molecule has 0 bridgehead atoms. The maximum atomic E-state index is 11.6. The third kappa shape index (κ3) is 5.70. The van der Waals surface area contributed by atoms with Crippen LogP contribution in [0.3, 0.4) is 0 Å². The van der Waals surface area contributed by atoms with Crippen molar-refractivity contribution in [2.24, 2.45) is 0 Å². The summed E-state index contributed by atoms with van der Waals surface area (Å²) in [5.41, 5.74) is 7.16. The van der Waals surface area contributed by atoms with Crippen molar-refractivity contribution >= 4 is 23.3 Å². The van der Waals surface area contributed by atoms with Gasteiger partial charge in [0, 0.05) is 13.7 Å². The lowest BCUT2D eigenvalue weighted by Gasteiger charge is -2.11. The molecule has 0 atom stereocenters. The minimum absolute atomic E-state index is 0.0557. The maximum Gasteiger partial charge on any atom is 0.338 e. The molecule has 1 aromatic rings. The Morgan fingerprint density at radius 2 is 2.10 bits per heavy atom. The first-order valence-electron chi connectivity index (χ1n) is 6.64. The van der Waals surface area contributed by atoms with Gasteiger partial charge in [-0.1, -0.05) is 0 Å². The largest absolute Gasteiger partial charge is 0.462 e. The van der Waals surface area contributed by atoms with Gasteiger partial charge >= 0.3 is 5.97 Å². The molecule has 1 aromatic carbocycles. The Bertz CT molecular complexity index is 491. The van der Waals surface area contributed by atoms with Crippen molar-refractivity contribution in [1.29, 1.82) is 0 Å². The highest BCUT2D eigenvalue weighted by Gasteiger charge is 2.10. The highest BCUT2D eigenvalue weighted by atomic mass is 16.5. The summed E-state index contributed by atoms with van der Waals surface area (Å²) >= 11 is 0. The number of amides is 1. The van der Waals surface area contributed by atoms with E-state index in [4.69, 9.17) is 15.2 Å². The lowest BCUT2D eigenvalue weighted by molar-refractivity contribution is -0.119. The molecule has 0 aliphatic heterocycles. The number of nitrogen functional groups attached to an aromatic ring is 1. The van der Waals surface area contributed by atoms with Crippen molar-refractivity contribution in [3.63, 3.8) is 0 Å². The molecule has 0 saturated carbocycles. The molecule has 0 unspecified atom stereocenters. The Hall–Kier alpha value is -2.28. The van der Waals surface area contributed by atoms with Crippen molar-refractivity contribution in [3.05, 3.63) is 23.8 Å². The van der Waals surface area contributed by atoms with Crippen LogP contribution < -0.4 is 16.4 Å². The van der Waals surface area contributed by atoms with Crippen molar-refractivity contribution in [2.45, 2.75) is 6.92 Å². The summed E-state index contributed by atoms with van der Waals surface area (Å²) in [5, 5.41) is 5.56. The van der Waals surface area contributed by atoms with Gasteiger partial charge in [0.05, 0.1) is 36.7 Å². The van der Waals surface area contributed by atoms with Crippen molar-refractivity contribution in [2.75, 3.05) is 44.5 Å². The average molecular weight is 295 g/mol. The SMILES string of the molecule is CCOC(=O)c1ccc(N)c(NCC(=O)NCCOC)c1. The van der Waals surface area contributed by atoms with E-state index in [0.717, 1.165) is 0 Å². The van der Waals surface area contributed by atoms with Crippen LogP contribution in [-0.4, -0.2) is 45.3 Å². The molecule has 4 N–H and O–H groups in total. The van der Waals surface area contributed by atoms with Crippen LogP contribution in [0, 0.1) is 0 Å². The summed E-state index contributed by atoms with van der Waals surface area (Å²) in [6, 6.07) is 4.74. The average Bonchev–Trinajstić information content (AvgIpc) is 2.47. The Balaban J connectivity index is 2.59. The van der Waals surface area contributed by atoms with Crippen molar-refractivity contribution in [1.82, 2.24) is 5.32 Å². The van der Waals surface area contributed by atoms with E-state index in [-0.39, 0.29) is 12.5 Å². The lowest BCUT2D eigenvalue weighted by Crippen LogP contribution is -2.32. The predicted molar refractivity (Wildman–Crippen MR) is 80.2 cm³/mol. The molecule has 7 heteroatoms. The minimum Gasteiger partial charge on any atom is -0.462 e. The molecule has 0 saturated heterocycles. The Labute approximate surface area is 123 Å². The molecule has 1 amide bonds. The first-order chi connectivity index (χ1) is 10.1. The van der Waals surface area contributed by atoms with E-state index in [1.54, 1.807) is 32.2 Å². The van der Waals surface area contributed by atoms with Gasteiger partial charge in [-0.15, -0.1) is 0 Å². The third-order valence-electron chi connectivity index (χ3n) is 2.63. The number of hydrogen-bond donors (Lipinski definition) is 3. The molecule has 7 nitrogen and oxygen atoms in total. The van der Waals surface area contributed by atoms with E-state index < -0.39 is 5.97 Å². The molecule has 0 radical (unpaired) electrons. The van der Waals surface area contributed by atoms with Gasteiger partial charge in [0.2, 0.25) is 5.91 Å². The molecular formula is C14H21N3O4. The summed E-state index contributed by atoms with van der Waals surface area (Å²) in [7, 11) is 1.56. The quantitative estimate of drug-likeness (QED) is 0.369. The van der Waals surface area contributed by atoms with Crippen LogP contribution in [0.1, 0.15) is 17.3 Å². The van der Waals surface area contributed by atoms with Crippen molar-refractivity contribution in [3.8, 4) is 0 Å². The first-order valence-corrected chi connectivity index (χ1v) is 6.64. The number of nitrogens with one attached hydrogen (secondary N) is 2. The van der Waals surface area contributed by atoms with Gasteiger partial charge < -0.3 is 25.8 Å². The zero-order chi connectivity index (χ0) is 15.7. The van der Waals surface area contributed by atoms with Crippen molar-refractivity contribution < 1.29 is 19.1 Å². The summed E-state index contributed by atoms with van der Waals surface area (Å²) in [6.07, 6.45) is 0. The van der Waals surface area contributed by atoms with Crippen LogP contribution in [0.25, 0.3) is 0 Å². The summed E-state index contributed by atoms with van der Waals surface area (Å²) < 4.78 is 9.75. The van der Waals surface area contributed by atoms with Gasteiger partial charge in [0.25, 0.3) is 0 Å². The Morgan fingerprint density at radius 3 is 2.76 bits per heavy atom. The summed E-state index contributed by atoms with van der Waals surface area (Å²) in [5.74, 6) is -0.613. The van der Waals surface area contributed by atoms with Crippen LogP contribution in [0.15, 0.2) is 18.2 Å². The number of carbonyl (C=O) groups excluding carboxylic acids is 2. The zero-order valence-electron chi connectivity index (χ0n) is 12.3. The summed E-state index contributed by atoms with van der Waals surface area (Å²) in [4.78, 5) is 23.2. The number of nitrogens with two attached hydrogens (primary N) is 1. The number of anilines is 2. The zero-order valence-corrected chi connectivity index (χ0v) is 12.3. The number of esters is 1. The summed E-state index contributed by atoms with van der Waals surface area (Å²) in [6.45, 7) is 2.98. The first kappa shape index (κ1) is 16.8. The molecular weight excluding hydrogens is 274 g/mol. The molecule has 1 rings (SSSR count). The molecule has 0 fully saturated rings. The fourth-order valence-corrected chi connectivity index (χ4v) is 1.58.